The number of fused-ring (bicyclic) bond motifs is 2. The highest BCUT2D eigenvalue weighted by atomic mass is 16.6. The van der Waals surface area contributed by atoms with Crippen molar-refractivity contribution in [2.24, 2.45) is 11.8 Å². The average molecular weight is 837 g/mol. The largest absolute Gasteiger partial charge is 0.490 e. The minimum atomic E-state index is -0.118. The predicted molar refractivity (Wildman–Crippen MR) is 261 cm³/mol. The van der Waals surface area contributed by atoms with Crippen molar-refractivity contribution in [3.63, 3.8) is 0 Å². The molecule has 0 bridgehead atoms. The van der Waals surface area contributed by atoms with Crippen LogP contribution in [0.15, 0.2) is 82.0 Å². The molecular formula is C55H84N2O4. The van der Waals surface area contributed by atoms with E-state index in [0.29, 0.717) is 6.10 Å². The van der Waals surface area contributed by atoms with Crippen molar-refractivity contribution in [2.75, 3.05) is 0 Å². The lowest BCUT2D eigenvalue weighted by atomic mass is 9.86. The molecule has 0 saturated heterocycles. The summed E-state index contributed by atoms with van der Waals surface area (Å²) in [6.07, 6.45) is 32.1. The van der Waals surface area contributed by atoms with E-state index < -0.39 is 0 Å². The Morgan fingerprint density at radius 2 is 1.11 bits per heavy atom. The Kier molecular flexibility index (Phi) is 21.7. The molecule has 0 amide bonds. The van der Waals surface area contributed by atoms with E-state index >= 15 is 0 Å². The number of aryl methyl sites for hydroxylation is 2. The van der Waals surface area contributed by atoms with Crippen LogP contribution < -0.4 is 30.9 Å². The zero-order valence-corrected chi connectivity index (χ0v) is 40.8. The van der Waals surface area contributed by atoms with Crippen LogP contribution in [0, 0.1) is 27.7 Å². The smallest absolute Gasteiger partial charge is 0.150 e. The summed E-state index contributed by atoms with van der Waals surface area (Å²) in [6, 6.07) is 4.02. The summed E-state index contributed by atoms with van der Waals surface area (Å²) in [4.78, 5) is 10.1. The summed E-state index contributed by atoms with van der Waals surface area (Å²) < 4.78 is 12.9. The van der Waals surface area contributed by atoms with Crippen LogP contribution in [0.3, 0.4) is 0 Å². The summed E-state index contributed by atoms with van der Waals surface area (Å²) >= 11 is 0. The zero-order chi connectivity index (χ0) is 45.1. The molecule has 0 radical (unpaired) electrons. The monoisotopic (exact) mass is 837 g/mol. The lowest BCUT2D eigenvalue weighted by Crippen LogP contribution is -2.36. The van der Waals surface area contributed by atoms with Gasteiger partial charge in [-0.2, -0.15) is 11.8 Å². The molecule has 4 rings (SSSR count). The second-order valence-corrected chi connectivity index (χ2v) is 18.8. The zero-order valence-electron chi connectivity index (χ0n) is 40.8. The molecule has 2 aromatic carbocycles. The van der Waals surface area contributed by atoms with Gasteiger partial charge in [-0.25, -0.2) is 0 Å². The third kappa shape index (κ3) is 17.4. The first-order valence-corrected chi connectivity index (χ1v) is 23.2. The summed E-state index contributed by atoms with van der Waals surface area (Å²) in [7, 11) is 0. The standard InChI is InChI=1S/C28H43NO2.C27H41NO2/c1-20(2)11-8-12-21(3)13-9-14-22(4)15-10-17-28(7)18-16-25-19-26(31-29)23(5)24(6)27(25)30-28;1-19(2)10-7-11-20(3)12-8-13-21(4)14-9-15-24-16-17-25-23(6)26(30-28)18-22(5)27(25)29-24/h11,13,15,19H,8-10,12,14,16-18,29H2,1-7H3;10,12,14,18,24H,7-9,11,13,15-17,28H2,1-6H3/b21-13+,22-15+;20-12+,21-14+/t28-;/m1./s1. The van der Waals surface area contributed by atoms with Gasteiger partial charge in [-0.05, 0) is 222 Å². The molecule has 6 heteroatoms. The average Bonchev–Trinajstić information content (AvgIpc) is 3.20. The Hall–Kier alpha value is -4.00. The molecule has 0 aliphatic carbocycles. The number of benzene rings is 2. The van der Waals surface area contributed by atoms with Crippen molar-refractivity contribution in [1.82, 2.24) is 0 Å². The van der Waals surface area contributed by atoms with Crippen molar-refractivity contribution in [2.45, 2.75) is 204 Å². The quantitative estimate of drug-likeness (QED) is 0.102. The lowest BCUT2D eigenvalue weighted by molar-refractivity contribution is 0.0560. The molecular weight excluding hydrogens is 753 g/mol. The van der Waals surface area contributed by atoms with Crippen LogP contribution in [-0.4, -0.2) is 11.7 Å². The summed E-state index contributed by atoms with van der Waals surface area (Å²) in [5, 5.41) is 0. The van der Waals surface area contributed by atoms with Gasteiger partial charge >= 0.3 is 0 Å². The van der Waals surface area contributed by atoms with Gasteiger partial charge in [-0.15, -0.1) is 0 Å². The Labute approximate surface area is 372 Å². The summed E-state index contributed by atoms with van der Waals surface area (Å²) in [6.45, 7) is 28.2. The van der Waals surface area contributed by atoms with E-state index in [1.54, 1.807) is 0 Å². The molecule has 0 fully saturated rings. The number of hydrogen-bond donors (Lipinski definition) is 2. The van der Waals surface area contributed by atoms with Crippen LogP contribution >= 0.6 is 0 Å². The van der Waals surface area contributed by atoms with Gasteiger partial charge in [-0.3, -0.25) is 0 Å². The highest BCUT2D eigenvalue weighted by molar-refractivity contribution is 5.54. The SMILES string of the molecule is CC(C)=CCC/C(C)=C/CC/C(C)=C/CCC1CCc2c(C)c(ON)cc(C)c2O1.CC(C)=CCC/C(C)=C/CC/C(C)=C/CC[C@]1(C)CCc2cc(ON)c(C)c(C)c2O1. The highest BCUT2D eigenvalue weighted by Gasteiger charge is 2.33. The van der Waals surface area contributed by atoms with Crippen LogP contribution in [0.5, 0.6) is 23.0 Å². The minimum Gasteiger partial charge on any atom is -0.490 e. The van der Waals surface area contributed by atoms with Gasteiger partial charge in [0.05, 0.1) is 6.10 Å². The van der Waals surface area contributed by atoms with Gasteiger partial charge in [0.25, 0.3) is 0 Å². The maximum absolute atomic E-state index is 6.54. The number of ether oxygens (including phenoxy) is 2. The molecule has 2 aromatic rings. The van der Waals surface area contributed by atoms with Crippen molar-refractivity contribution in [1.29, 1.82) is 0 Å². The number of rotatable bonds is 20. The molecule has 2 heterocycles. The van der Waals surface area contributed by atoms with E-state index in [1.165, 1.54) is 57.4 Å². The Balaban J connectivity index is 0.000000325. The predicted octanol–water partition coefficient (Wildman–Crippen LogP) is 15.3. The van der Waals surface area contributed by atoms with Crippen molar-refractivity contribution in [3.05, 3.63) is 115 Å². The fourth-order valence-electron chi connectivity index (χ4n) is 8.32. The van der Waals surface area contributed by atoms with Crippen LogP contribution in [0.1, 0.15) is 186 Å². The topological polar surface area (TPSA) is 89.0 Å². The summed E-state index contributed by atoms with van der Waals surface area (Å²) in [5.41, 5.74) is 15.5. The molecule has 2 aliphatic rings. The number of allylic oxidation sites excluding steroid dienone is 12. The van der Waals surface area contributed by atoms with E-state index in [-0.39, 0.29) is 5.60 Å². The lowest BCUT2D eigenvalue weighted by Gasteiger charge is -2.37. The first-order valence-electron chi connectivity index (χ1n) is 23.2. The molecule has 0 aromatic heterocycles. The van der Waals surface area contributed by atoms with Gasteiger partial charge in [0, 0.05) is 16.7 Å². The molecule has 1 unspecified atom stereocenters. The maximum atomic E-state index is 6.54. The van der Waals surface area contributed by atoms with Crippen LogP contribution in [-0.2, 0) is 12.8 Å². The van der Waals surface area contributed by atoms with Gasteiger partial charge < -0.3 is 19.1 Å². The Bertz CT molecular complexity index is 1920. The molecule has 61 heavy (non-hydrogen) atoms. The fraction of sp³-hybridized carbons (Fsp3) is 0.564. The van der Waals surface area contributed by atoms with Crippen molar-refractivity contribution in [3.8, 4) is 23.0 Å². The molecule has 2 atom stereocenters. The first-order chi connectivity index (χ1) is 29.0. The number of nitrogens with two attached hydrogens (primary N) is 2. The van der Waals surface area contributed by atoms with E-state index in [0.717, 1.165) is 135 Å². The normalized spacial score (nSPS) is 17.9. The van der Waals surface area contributed by atoms with E-state index in [2.05, 4.69) is 120 Å². The third-order valence-electron chi connectivity index (χ3n) is 12.6. The van der Waals surface area contributed by atoms with Gasteiger partial charge in [0.2, 0.25) is 0 Å². The van der Waals surface area contributed by atoms with Gasteiger partial charge in [0.1, 0.15) is 17.1 Å². The third-order valence-corrected chi connectivity index (χ3v) is 12.6. The van der Waals surface area contributed by atoms with Crippen LogP contribution in [0.25, 0.3) is 0 Å². The second-order valence-electron chi connectivity index (χ2n) is 18.8. The minimum absolute atomic E-state index is 0.118. The van der Waals surface area contributed by atoms with Crippen LogP contribution in [0.4, 0.5) is 0 Å². The van der Waals surface area contributed by atoms with Crippen molar-refractivity contribution >= 4 is 0 Å². The van der Waals surface area contributed by atoms with Gasteiger partial charge in [-0.1, -0.05) is 69.9 Å². The van der Waals surface area contributed by atoms with E-state index in [9.17, 15) is 0 Å². The summed E-state index contributed by atoms with van der Waals surface area (Å²) in [5.74, 6) is 14.4. The molecule has 338 valence electrons. The van der Waals surface area contributed by atoms with Crippen molar-refractivity contribution < 1.29 is 19.1 Å². The van der Waals surface area contributed by atoms with E-state index in [1.807, 2.05) is 19.1 Å². The Morgan fingerprint density at radius 1 is 0.623 bits per heavy atom. The van der Waals surface area contributed by atoms with Gasteiger partial charge in [0.15, 0.2) is 11.5 Å². The fourth-order valence-corrected chi connectivity index (χ4v) is 8.32. The molecule has 0 saturated carbocycles. The first kappa shape index (κ1) is 51.4. The molecule has 6 nitrogen and oxygen atoms in total. The highest BCUT2D eigenvalue weighted by Crippen LogP contribution is 2.42. The second kappa shape index (κ2) is 25.8. The number of hydrogen-bond acceptors (Lipinski definition) is 6. The van der Waals surface area contributed by atoms with Crippen LogP contribution in [0.2, 0.25) is 0 Å². The Morgan fingerprint density at radius 3 is 1.64 bits per heavy atom. The molecule has 2 aliphatic heterocycles. The maximum Gasteiger partial charge on any atom is 0.150 e. The molecule has 4 N–H and O–H groups in total. The molecule has 0 spiro atoms. The van der Waals surface area contributed by atoms with E-state index in [4.69, 9.17) is 30.9 Å².